The minimum absolute atomic E-state index is 0.151. The van der Waals surface area contributed by atoms with Crippen molar-refractivity contribution >= 4 is 17.6 Å². The number of carbonyl (C=O) groups excluding carboxylic acids is 1. The summed E-state index contributed by atoms with van der Waals surface area (Å²) in [5.74, 6) is 2.74. The van der Waals surface area contributed by atoms with Crippen LogP contribution in [0, 0.1) is 11.8 Å². The molecular weight excluding hydrogens is 368 g/mol. The number of anilines is 1. The number of likely N-dealkylation sites (tertiary alicyclic amines) is 1. The minimum Gasteiger partial charge on any atom is -0.486 e. The Kier molecular flexibility index (Phi) is 6.54. The van der Waals surface area contributed by atoms with Gasteiger partial charge < -0.3 is 25.4 Å². The molecule has 1 saturated carbocycles. The summed E-state index contributed by atoms with van der Waals surface area (Å²) < 4.78 is 11.1. The number of rotatable bonds is 4. The van der Waals surface area contributed by atoms with Crippen molar-refractivity contribution < 1.29 is 14.3 Å². The Bertz CT molecular complexity index is 746. The first-order valence-electron chi connectivity index (χ1n) is 10.9. The van der Waals surface area contributed by atoms with E-state index in [2.05, 4.69) is 15.2 Å². The van der Waals surface area contributed by atoms with E-state index in [1.807, 2.05) is 0 Å². The van der Waals surface area contributed by atoms with Crippen molar-refractivity contribution in [3.05, 3.63) is 18.2 Å². The predicted octanol–water partition coefficient (Wildman–Crippen LogP) is 3.64. The molecule has 0 radical (unpaired) electrons. The Morgan fingerprint density at radius 2 is 1.90 bits per heavy atom. The zero-order chi connectivity index (χ0) is 20.1. The van der Waals surface area contributed by atoms with Crippen LogP contribution in [0.5, 0.6) is 11.5 Å². The second-order valence-corrected chi connectivity index (χ2v) is 8.43. The van der Waals surface area contributed by atoms with Crippen molar-refractivity contribution in [1.29, 1.82) is 0 Å². The fraction of sp³-hybridized carbons (Fsp3) is 0.636. The largest absolute Gasteiger partial charge is 0.486 e. The molecule has 7 heteroatoms. The summed E-state index contributed by atoms with van der Waals surface area (Å²) >= 11 is 0. The summed E-state index contributed by atoms with van der Waals surface area (Å²) in [5.41, 5.74) is 6.85. The standard InChI is InChI=1S/C22H32N4O3/c23-21(17-7-4-10-26(15-17)14-16-5-2-1-3-6-16)25-22(27)24-18-8-9-19-20(13-18)29-12-11-28-19/h8-9,13,16-17H,1-7,10-12,14-15H2,(H3,23,24,25,27). The molecule has 1 saturated heterocycles. The molecule has 1 atom stereocenters. The summed E-state index contributed by atoms with van der Waals surface area (Å²) in [6.07, 6.45) is 8.92. The van der Waals surface area contributed by atoms with Crippen LogP contribution in [-0.4, -0.2) is 49.6 Å². The van der Waals surface area contributed by atoms with Crippen LogP contribution in [0.3, 0.4) is 0 Å². The number of aliphatic imine (C=N–C) groups is 1. The number of urea groups is 1. The van der Waals surface area contributed by atoms with E-state index >= 15 is 0 Å². The third kappa shape index (κ3) is 5.41. The van der Waals surface area contributed by atoms with Crippen LogP contribution in [0.25, 0.3) is 0 Å². The van der Waals surface area contributed by atoms with E-state index in [1.54, 1.807) is 18.2 Å². The molecule has 29 heavy (non-hydrogen) atoms. The molecule has 158 valence electrons. The number of piperidine rings is 1. The Morgan fingerprint density at radius 3 is 2.72 bits per heavy atom. The number of nitrogens with two attached hydrogens (primary N) is 1. The van der Waals surface area contributed by atoms with Gasteiger partial charge in [-0.2, -0.15) is 4.99 Å². The predicted molar refractivity (Wildman–Crippen MR) is 114 cm³/mol. The molecule has 1 unspecified atom stereocenters. The van der Waals surface area contributed by atoms with Crippen molar-refractivity contribution in [1.82, 2.24) is 4.90 Å². The number of ether oxygens (including phenoxy) is 2. The average molecular weight is 401 g/mol. The van der Waals surface area contributed by atoms with E-state index in [1.165, 1.54) is 32.1 Å². The minimum atomic E-state index is -0.441. The molecule has 3 N–H and O–H groups in total. The van der Waals surface area contributed by atoms with Crippen LogP contribution < -0.4 is 20.5 Å². The van der Waals surface area contributed by atoms with Crippen LogP contribution in [0.1, 0.15) is 44.9 Å². The highest BCUT2D eigenvalue weighted by atomic mass is 16.6. The van der Waals surface area contributed by atoms with Gasteiger partial charge in [0.2, 0.25) is 0 Å². The van der Waals surface area contributed by atoms with Gasteiger partial charge in [0.25, 0.3) is 0 Å². The third-order valence-electron chi connectivity index (χ3n) is 6.19. The zero-order valence-corrected chi connectivity index (χ0v) is 17.1. The van der Waals surface area contributed by atoms with Gasteiger partial charge in [0.15, 0.2) is 11.5 Å². The average Bonchev–Trinajstić information content (AvgIpc) is 2.74. The summed E-state index contributed by atoms with van der Waals surface area (Å²) in [6, 6.07) is 4.89. The fourth-order valence-corrected chi connectivity index (χ4v) is 4.68. The molecule has 4 rings (SSSR count). The number of nitrogens with zero attached hydrogens (tertiary/aromatic N) is 2. The van der Waals surface area contributed by atoms with Gasteiger partial charge in [0, 0.05) is 30.8 Å². The third-order valence-corrected chi connectivity index (χ3v) is 6.19. The lowest BCUT2D eigenvalue weighted by Crippen LogP contribution is -2.43. The number of amides is 2. The maximum Gasteiger partial charge on any atom is 0.347 e. The summed E-state index contributed by atoms with van der Waals surface area (Å²) in [5, 5.41) is 2.78. The molecule has 2 aliphatic heterocycles. The van der Waals surface area contributed by atoms with Gasteiger partial charge in [0.1, 0.15) is 19.0 Å². The maximum atomic E-state index is 12.4. The Balaban J connectivity index is 1.31. The van der Waals surface area contributed by atoms with Crippen molar-refractivity contribution in [2.45, 2.75) is 44.9 Å². The highest BCUT2D eigenvalue weighted by Gasteiger charge is 2.26. The number of hydrogen-bond donors (Lipinski definition) is 2. The Morgan fingerprint density at radius 1 is 1.10 bits per heavy atom. The lowest BCUT2D eigenvalue weighted by atomic mass is 9.88. The molecule has 3 aliphatic rings. The van der Waals surface area contributed by atoms with E-state index in [4.69, 9.17) is 15.2 Å². The molecule has 1 aromatic rings. The van der Waals surface area contributed by atoms with Crippen LogP contribution in [0.4, 0.5) is 10.5 Å². The molecule has 0 bridgehead atoms. The smallest absolute Gasteiger partial charge is 0.347 e. The van der Waals surface area contributed by atoms with Crippen LogP contribution in [0.15, 0.2) is 23.2 Å². The van der Waals surface area contributed by atoms with Crippen molar-refractivity contribution in [3.63, 3.8) is 0 Å². The molecule has 2 amide bonds. The van der Waals surface area contributed by atoms with Gasteiger partial charge in [-0.1, -0.05) is 19.3 Å². The van der Waals surface area contributed by atoms with Gasteiger partial charge >= 0.3 is 6.03 Å². The van der Waals surface area contributed by atoms with E-state index in [0.717, 1.165) is 38.4 Å². The molecule has 1 aromatic carbocycles. The normalized spacial score (nSPS) is 23.6. The van der Waals surface area contributed by atoms with Crippen LogP contribution in [-0.2, 0) is 0 Å². The van der Waals surface area contributed by atoms with Crippen molar-refractivity contribution in [3.8, 4) is 11.5 Å². The van der Waals surface area contributed by atoms with E-state index in [-0.39, 0.29) is 5.92 Å². The highest BCUT2D eigenvalue weighted by Crippen LogP contribution is 2.32. The second kappa shape index (κ2) is 9.48. The quantitative estimate of drug-likeness (QED) is 0.595. The van der Waals surface area contributed by atoms with Gasteiger partial charge in [0.05, 0.1) is 0 Å². The van der Waals surface area contributed by atoms with Gasteiger partial charge in [-0.05, 0) is 50.3 Å². The SMILES string of the molecule is N/C(=N\C(=O)Nc1ccc2c(c1)OCCO2)C1CCCN(CC2CCCCC2)C1. The number of hydrogen-bond acceptors (Lipinski definition) is 4. The molecule has 2 fully saturated rings. The molecule has 1 aliphatic carbocycles. The fourth-order valence-electron chi connectivity index (χ4n) is 4.68. The van der Waals surface area contributed by atoms with Crippen molar-refractivity contribution in [2.75, 3.05) is 38.2 Å². The van der Waals surface area contributed by atoms with E-state index in [0.29, 0.717) is 36.2 Å². The van der Waals surface area contributed by atoms with Gasteiger partial charge in [-0.25, -0.2) is 4.79 Å². The maximum absolute atomic E-state index is 12.4. The Labute approximate surface area is 172 Å². The van der Waals surface area contributed by atoms with Crippen LogP contribution in [0.2, 0.25) is 0 Å². The zero-order valence-electron chi connectivity index (χ0n) is 17.1. The topological polar surface area (TPSA) is 89.2 Å². The number of amidine groups is 1. The first-order chi connectivity index (χ1) is 14.2. The first-order valence-corrected chi connectivity index (χ1v) is 10.9. The van der Waals surface area contributed by atoms with Crippen LogP contribution >= 0.6 is 0 Å². The molecular formula is C22H32N4O3. The number of fused-ring (bicyclic) bond motifs is 1. The number of nitrogens with one attached hydrogen (secondary N) is 1. The Hall–Kier alpha value is -2.28. The lowest BCUT2D eigenvalue weighted by Gasteiger charge is -2.35. The number of benzene rings is 1. The summed E-state index contributed by atoms with van der Waals surface area (Å²) in [6.45, 7) is 4.24. The molecule has 7 nitrogen and oxygen atoms in total. The second-order valence-electron chi connectivity index (χ2n) is 8.43. The van der Waals surface area contributed by atoms with Gasteiger partial charge in [-0.15, -0.1) is 0 Å². The lowest BCUT2D eigenvalue weighted by molar-refractivity contribution is 0.157. The van der Waals surface area contributed by atoms with Gasteiger partial charge in [-0.3, -0.25) is 0 Å². The summed E-state index contributed by atoms with van der Waals surface area (Å²) in [7, 11) is 0. The molecule has 0 spiro atoms. The van der Waals surface area contributed by atoms with E-state index < -0.39 is 6.03 Å². The monoisotopic (exact) mass is 400 g/mol. The van der Waals surface area contributed by atoms with Crippen molar-refractivity contribution in [2.24, 2.45) is 22.6 Å². The van der Waals surface area contributed by atoms with E-state index in [9.17, 15) is 4.79 Å². The molecule has 0 aromatic heterocycles. The highest BCUT2D eigenvalue weighted by molar-refractivity contribution is 6.00. The number of carbonyl (C=O) groups is 1. The molecule has 2 heterocycles. The summed E-state index contributed by atoms with van der Waals surface area (Å²) in [4.78, 5) is 19.0. The first kappa shape index (κ1) is 20.0.